The predicted molar refractivity (Wildman–Crippen MR) is 97.1 cm³/mol. The smallest absolute Gasteiger partial charge is 0.270 e. The first-order valence-corrected chi connectivity index (χ1v) is 9.96. The molecule has 2 heterocycles. The maximum absolute atomic E-state index is 13.6. The Kier molecular flexibility index (Phi) is 4.78. The number of halogens is 2. The number of nitrogens with zero attached hydrogens (tertiary/aromatic N) is 2. The van der Waals surface area contributed by atoms with Crippen molar-refractivity contribution in [1.29, 1.82) is 5.26 Å². The van der Waals surface area contributed by atoms with E-state index >= 15 is 0 Å². The van der Waals surface area contributed by atoms with Crippen molar-refractivity contribution in [1.82, 2.24) is 21.0 Å². The number of carbonyl (C=O) groups excluding carboxylic acids is 2. The molecule has 2 atom stereocenters. The van der Waals surface area contributed by atoms with Crippen LogP contribution in [-0.2, 0) is 14.4 Å². The molecule has 158 valence electrons. The fourth-order valence-electron chi connectivity index (χ4n) is 3.89. The van der Waals surface area contributed by atoms with Crippen LogP contribution in [0, 0.1) is 11.3 Å². The lowest BCUT2D eigenvalue weighted by atomic mass is 10.0. The van der Waals surface area contributed by atoms with Gasteiger partial charge in [0.1, 0.15) is 22.9 Å². The summed E-state index contributed by atoms with van der Waals surface area (Å²) in [5.74, 6) is -4.63. The molecule has 1 unspecified atom stereocenters. The van der Waals surface area contributed by atoms with E-state index in [1.165, 1.54) is 12.8 Å². The number of amides is 2. The van der Waals surface area contributed by atoms with Gasteiger partial charge in [-0.15, -0.1) is 0 Å². The van der Waals surface area contributed by atoms with Crippen LogP contribution < -0.4 is 16.1 Å². The zero-order valence-corrected chi connectivity index (χ0v) is 16.3. The molecule has 0 aromatic carbocycles. The third-order valence-corrected chi connectivity index (χ3v) is 5.88. The molecule has 1 spiro atoms. The zero-order chi connectivity index (χ0) is 20.9. The van der Waals surface area contributed by atoms with E-state index in [9.17, 15) is 18.4 Å². The van der Waals surface area contributed by atoms with Gasteiger partial charge in [-0.2, -0.15) is 5.26 Å². The molecule has 0 radical (unpaired) electrons. The number of nitrogens with one attached hydrogen (secondary N) is 3. The first-order valence-electron chi connectivity index (χ1n) is 9.96. The normalized spacial score (nSPS) is 29.0. The molecule has 2 amide bonds. The van der Waals surface area contributed by atoms with Gasteiger partial charge in [0.15, 0.2) is 0 Å². The van der Waals surface area contributed by atoms with Crippen LogP contribution in [0.2, 0.25) is 0 Å². The van der Waals surface area contributed by atoms with Gasteiger partial charge in [-0.25, -0.2) is 8.78 Å². The van der Waals surface area contributed by atoms with E-state index < -0.39 is 41.3 Å². The number of carbonyl (C=O) groups is 2. The fourth-order valence-corrected chi connectivity index (χ4v) is 3.89. The third kappa shape index (κ3) is 4.51. The molecule has 3 N–H and O–H groups in total. The molecular formula is C19H25F2N5O3. The number of rotatable bonds is 7. The molecule has 4 rings (SSSR count). The Hall–Kier alpha value is -2.25. The van der Waals surface area contributed by atoms with Crippen molar-refractivity contribution in [3.05, 3.63) is 11.8 Å². The molecule has 8 nitrogen and oxygen atoms in total. The second-order valence-electron chi connectivity index (χ2n) is 8.76. The van der Waals surface area contributed by atoms with Crippen molar-refractivity contribution >= 4 is 11.8 Å². The molecule has 2 aliphatic heterocycles. The summed E-state index contributed by atoms with van der Waals surface area (Å²) in [6, 6.07) is 1.10. The van der Waals surface area contributed by atoms with Crippen LogP contribution >= 0.6 is 0 Å². The Morgan fingerprint density at radius 2 is 2.17 bits per heavy atom. The Morgan fingerprint density at radius 3 is 2.76 bits per heavy atom. The molecular weight excluding hydrogens is 384 g/mol. The number of hydrogen-bond donors (Lipinski definition) is 3. The summed E-state index contributed by atoms with van der Waals surface area (Å²) in [7, 11) is 0. The minimum Gasteiger partial charge on any atom is -0.339 e. The van der Waals surface area contributed by atoms with E-state index in [0.29, 0.717) is 32.4 Å². The number of hydrogen-bond acceptors (Lipinski definition) is 6. The lowest BCUT2D eigenvalue weighted by Crippen LogP contribution is -2.52. The van der Waals surface area contributed by atoms with E-state index in [0.717, 1.165) is 13.0 Å². The van der Waals surface area contributed by atoms with Crippen molar-refractivity contribution in [3.63, 3.8) is 0 Å². The monoisotopic (exact) mass is 409 g/mol. The summed E-state index contributed by atoms with van der Waals surface area (Å²) >= 11 is 0. The van der Waals surface area contributed by atoms with Crippen molar-refractivity contribution in [3.8, 4) is 6.07 Å². The molecule has 0 aromatic heterocycles. The average molecular weight is 409 g/mol. The highest BCUT2D eigenvalue weighted by Gasteiger charge is 2.48. The summed E-state index contributed by atoms with van der Waals surface area (Å²) in [6.45, 7) is 2.23. The van der Waals surface area contributed by atoms with Crippen LogP contribution in [0.1, 0.15) is 45.4 Å². The van der Waals surface area contributed by atoms with Crippen LogP contribution in [0.25, 0.3) is 0 Å². The van der Waals surface area contributed by atoms with Gasteiger partial charge < -0.3 is 10.6 Å². The van der Waals surface area contributed by atoms with Crippen molar-refractivity contribution < 1.29 is 23.2 Å². The van der Waals surface area contributed by atoms with Gasteiger partial charge in [-0.3, -0.25) is 24.8 Å². The first-order chi connectivity index (χ1) is 13.6. The summed E-state index contributed by atoms with van der Waals surface area (Å²) in [5, 5.41) is 14.0. The quantitative estimate of drug-likeness (QED) is 0.572. The van der Waals surface area contributed by atoms with Gasteiger partial charge in [0, 0.05) is 25.6 Å². The third-order valence-electron chi connectivity index (χ3n) is 5.88. The Balaban J connectivity index is 1.41. The topological polar surface area (TPSA) is 106 Å². The van der Waals surface area contributed by atoms with E-state index in [1.807, 2.05) is 6.07 Å². The molecule has 1 saturated heterocycles. The van der Waals surface area contributed by atoms with Crippen LogP contribution in [0.4, 0.5) is 8.78 Å². The molecule has 3 fully saturated rings. The second kappa shape index (κ2) is 6.92. The summed E-state index contributed by atoms with van der Waals surface area (Å²) in [4.78, 5) is 33.1. The largest absolute Gasteiger partial charge is 0.339 e. The van der Waals surface area contributed by atoms with Crippen molar-refractivity contribution in [2.45, 2.75) is 74.6 Å². The molecule has 2 saturated carbocycles. The van der Waals surface area contributed by atoms with E-state index in [4.69, 9.17) is 10.1 Å². The van der Waals surface area contributed by atoms with Crippen molar-refractivity contribution in [2.75, 3.05) is 13.1 Å². The predicted octanol–water partition coefficient (Wildman–Crippen LogP) is 0.714. The highest BCUT2D eigenvalue weighted by molar-refractivity contribution is 5.97. The Labute approximate surface area is 167 Å². The number of hydroxylamine groups is 1. The Morgan fingerprint density at radius 1 is 1.45 bits per heavy atom. The SMILES string of the molecule is CC(F)(F)C[C@H](NC(=O)C1=CC2(CCN(C3CC3)C2)ON1)C(=O)NC1(C#N)CC1. The highest BCUT2D eigenvalue weighted by atomic mass is 19.3. The van der Waals surface area contributed by atoms with Gasteiger partial charge in [0.05, 0.1) is 6.07 Å². The molecule has 29 heavy (non-hydrogen) atoms. The number of alkyl halides is 2. The summed E-state index contributed by atoms with van der Waals surface area (Å²) in [5.41, 5.74) is 1.10. The van der Waals surface area contributed by atoms with Gasteiger partial charge in [-0.05, 0) is 45.1 Å². The fraction of sp³-hybridized carbons (Fsp3) is 0.737. The molecule has 0 aromatic rings. The maximum atomic E-state index is 13.6. The van der Waals surface area contributed by atoms with Crippen LogP contribution in [0.3, 0.4) is 0 Å². The number of likely N-dealkylation sites (tertiary alicyclic amines) is 1. The second-order valence-corrected chi connectivity index (χ2v) is 8.76. The highest BCUT2D eigenvalue weighted by Crippen LogP contribution is 2.38. The molecule has 0 bridgehead atoms. The van der Waals surface area contributed by atoms with Crippen LogP contribution in [-0.4, -0.2) is 58.9 Å². The Bertz CT molecular complexity index is 782. The lowest BCUT2D eigenvalue weighted by Gasteiger charge is -2.23. The van der Waals surface area contributed by atoms with E-state index in [2.05, 4.69) is 21.0 Å². The maximum Gasteiger partial charge on any atom is 0.270 e. The minimum atomic E-state index is -3.16. The van der Waals surface area contributed by atoms with Gasteiger partial charge >= 0.3 is 0 Å². The van der Waals surface area contributed by atoms with E-state index in [-0.39, 0.29) is 5.70 Å². The van der Waals surface area contributed by atoms with Gasteiger partial charge in [-0.1, -0.05) is 0 Å². The van der Waals surface area contributed by atoms with Crippen LogP contribution in [0.5, 0.6) is 0 Å². The molecule has 10 heteroatoms. The summed E-state index contributed by atoms with van der Waals surface area (Å²) in [6.07, 6.45) is 4.84. The van der Waals surface area contributed by atoms with Crippen LogP contribution in [0.15, 0.2) is 11.8 Å². The molecule has 2 aliphatic carbocycles. The zero-order valence-electron chi connectivity index (χ0n) is 16.3. The summed E-state index contributed by atoms with van der Waals surface area (Å²) < 4.78 is 27.2. The van der Waals surface area contributed by atoms with Gasteiger partial charge in [0.25, 0.3) is 5.91 Å². The number of nitriles is 1. The first kappa shape index (κ1) is 20.0. The standard InChI is InChI=1S/C19H25F2N5O3/c1-17(20,21)8-13(16(28)24-18(10-22)4-5-18)23-15(27)14-9-19(29-25-14)6-7-26(11-19)12-2-3-12/h9,12-13,25H,2-8,11H2,1H3,(H,23,27)(H,24,28)/t13-,19?/m0/s1. The minimum absolute atomic E-state index is 0.112. The average Bonchev–Trinajstić information content (AvgIpc) is 3.57. The van der Waals surface area contributed by atoms with E-state index in [1.54, 1.807) is 6.08 Å². The van der Waals surface area contributed by atoms with Gasteiger partial charge in [0.2, 0.25) is 11.8 Å². The van der Waals surface area contributed by atoms with Crippen molar-refractivity contribution in [2.24, 2.45) is 0 Å². The molecule has 4 aliphatic rings. The lowest BCUT2D eigenvalue weighted by molar-refractivity contribution is -0.131.